The zero-order valence-corrected chi connectivity index (χ0v) is 43.6. The van der Waals surface area contributed by atoms with Crippen LogP contribution in [0.2, 0.25) is 0 Å². The molecule has 20 heteroatoms. The maximum Gasteiger partial charge on any atom is 0.311 e. The number of aryl methyl sites for hydroxylation is 1. The summed E-state index contributed by atoms with van der Waals surface area (Å²) in [6.07, 6.45) is -6.78. The van der Waals surface area contributed by atoms with Crippen LogP contribution in [0.4, 0.5) is 0 Å². The highest BCUT2D eigenvalue weighted by Gasteiger charge is 2.53. The zero-order valence-electron chi connectivity index (χ0n) is 43.6. The Morgan fingerprint density at radius 1 is 0.971 bits per heavy atom. The highest BCUT2D eigenvalue weighted by Crippen LogP contribution is 2.40. The number of methoxy groups -OCH3 is 1. The lowest BCUT2D eigenvalue weighted by atomic mass is 9.77. The number of aliphatic hydroxyl groups excluding tert-OH is 3. The normalized spacial score (nSPS) is 39.8. The lowest BCUT2D eigenvalue weighted by Crippen LogP contribution is -2.60. The van der Waals surface area contributed by atoms with Gasteiger partial charge in [-0.25, -0.2) is 5.48 Å². The molecule has 0 radical (unpaired) electrons. The van der Waals surface area contributed by atoms with Crippen molar-refractivity contribution in [2.75, 3.05) is 27.7 Å². The number of hydroxylamine groups is 1. The number of hydrogen-bond donors (Lipinski definition) is 7. The van der Waals surface area contributed by atoms with Gasteiger partial charge < -0.3 is 58.9 Å². The van der Waals surface area contributed by atoms with Crippen LogP contribution in [0.25, 0.3) is 11.3 Å². The molecule has 5 rings (SSSR count). The number of esters is 1. The van der Waals surface area contributed by atoms with E-state index in [1.807, 2.05) is 75.9 Å². The van der Waals surface area contributed by atoms with Crippen LogP contribution in [0.1, 0.15) is 113 Å². The van der Waals surface area contributed by atoms with Gasteiger partial charge in [-0.2, -0.15) is 0 Å². The molecule has 0 aliphatic carbocycles. The molecule has 0 unspecified atom stereocenters. The minimum atomic E-state index is -1.94. The summed E-state index contributed by atoms with van der Waals surface area (Å²) in [7, 11) is 5.25. The van der Waals surface area contributed by atoms with Crippen LogP contribution in [0.15, 0.2) is 30.5 Å². The Morgan fingerprint density at radius 3 is 2.26 bits per heavy atom. The summed E-state index contributed by atoms with van der Waals surface area (Å²) in [4.78, 5) is 30.0. The molecule has 3 aliphatic heterocycles. The predicted octanol–water partition coefficient (Wildman–Crippen LogP) is 3.02. The van der Waals surface area contributed by atoms with Crippen molar-refractivity contribution in [1.82, 2.24) is 30.3 Å². The number of aliphatic hydroxyl groups is 5. The second kappa shape index (κ2) is 24.2. The van der Waals surface area contributed by atoms with Crippen molar-refractivity contribution in [2.24, 2.45) is 17.8 Å². The fraction of sp³-hybridized carbons (Fsp3) is 0.800. The molecular weight excluding hydrogens is 909 g/mol. The molecule has 1 aromatic carbocycles. The van der Waals surface area contributed by atoms with Crippen LogP contribution in [-0.2, 0) is 51.1 Å². The molecule has 20 nitrogen and oxygen atoms in total. The molecule has 18 atom stereocenters. The maximum absolute atomic E-state index is 14.6. The second-order valence-corrected chi connectivity index (χ2v) is 21.4. The van der Waals surface area contributed by atoms with E-state index < -0.39 is 102 Å². The van der Waals surface area contributed by atoms with Gasteiger partial charge in [0.25, 0.3) is 0 Å². The minimum Gasteiger partial charge on any atom is -0.459 e. The predicted molar refractivity (Wildman–Crippen MR) is 257 cm³/mol. The first kappa shape index (κ1) is 57.7. The molecule has 0 spiro atoms. The van der Waals surface area contributed by atoms with Crippen LogP contribution in [-0.4, -0.2) is 185 Å². The van der Waals surface area contributed by atoms with Gasteiger partial charge in [-0.1, -0.05) is 50.3 Å². The molecular formula is C50H84N6O14. The van der Waals surface area contributed by atoms with Gasteiger partial charge in [0.05, 0.1) is 47.7 Å². The number of likely N-dealkylation sites (N-methyl/N-ethyl adjacent to an activating group) is 1. The summed E-state index contributed by atoms with van der Waals surface area (Å²) in [6.45, 7) is 18.6. The number of nitrogens with one attached hydrogen (secondary N) is 1. The first-order chi connectivity index (χ1) is 32.8. The van der Waals surface area contributed by atoms with Crippen molar-refractivity contribution in [3.05, 3.63) is 36.0 Å². The quantitative estimate of drug-likeness (QED) is 0.0815. The number of benzene rings is 1. The van der Waals surface area contributed by atoms with E-state index in [1.54, 1.807) is 51.0 Å². The lowest BCUT2D eigenvalue weighted by molar-refractivity contribution is -0.318. The van der Waals surface area contributed by atoms with Gasteiger partial charge in [0, 0.05) is 63.2 Å². The van der Waals surface area contributed by atoms with E-state index >= 15 is 0 Å². The summed E-state index contributed by atoms with van der Waals surface area (Å²) in [5, 5.41) is 77.6. The van der Waals surface area contributed by atoms with Gasteiger partial charge in [0.1, 0.15) is 35.7 Å². The Bertz CT molecular complexity index is 1970. The minimum absolute atomic E-state index is 0.0943. The summed E-state index contributed by atoms with van der Waals surface area (Å²) < 4.78 is 39.8. The molecule has 0 bridgehead atoms. The summed E-state index contributed by atoms with van der Waals surface area (Å²) in [6, 6.07) is 6.69. The third kappa shape index (κ3) is 13.7. The molecule has 70 heavy (non-hydrogen) atoms. The molecule has 3 saturated heterocycles. The molecule has 1 aromatic heterocycles. The molecule has 7 N–H and O–H groups in total. The van der Waals surface area contributed by atoms with Crippen molar-refractivity contribution in [2.45, 2.75) is 211 Å². The number of rotatable bonds is 14. The van der Waals surface area contributed by atoms with E-state index in [1.165, 1.54) is 14.0 Å². The van der Waals surface area contributed by atoms with Gasteiger partial charge in [0.15, 0.2) is 12.6 Å². The average Bonchev–Trinajstić information content (AvgIpc) is 3.78. The summed E-state index contributed by atoms with van der Waals surface area (Å²) in [5.74, 6) is -3.40. The molecule has 2 aromatic rings. The number of cyclic esters (lactones) is 1. The standard InChI is InChI=1S/C50H84N6O14/c1-14-38-50(10,63)43(59)32(6)55(26-34-17-19-35(20-18-34)36-27-56(53-51-36)21-15-16-39(57)52-64)25-28(2)23-48(8,62)45(70-47-41(58)37(54(11)12)22-29(3)66-47)30(4)42(31(5)46(61)68-38)69-40-24-49(9,65-13)44(60)33(7)67-40/h17-20,27-33,37-38,40-45,47,58-60,62-64H,14-16,21-26H2,1-13H3,(H,52,57)/t28-,29-,30+,31-,32+,33-,37+,38-,40-,41-,42+,43-,44-,45-,47+,48+,49+,50-/m1/s1. The summed E-state index contributed by atoms with van der Waals surface area (Å²) >= 11 is 0. The molecule has 3 fully saturated rings. The van der Waals surface area contributed by atoms with Crippen LogP contribution in [0.3, 0.4) is 0 Å². The number of hydrogen-bond acceptors (Lipinski definition) is 18. The van der Waals surface area contributed by atoms with E-state index in [4.69, 9.17) is 33.6 Å². The smallest absolute Gasteiger partial charge is 0.311 e. The first-order valence-electron chi connectivity index (χ1n) is 25.0. The van der Waals surface area contributed by atoms with Crippen LogP contribution in [0, 0.1) is 17.8 Å². The van der Waals surface area contributed by atoms with E-state index in [2.05, 4.69) is 10.3 Å². The van der Waals surface area contributed by atoms with Crippen LogP contribution < -0.4 is 5.48 Å². The largest absolute Gasteiger partial charge is 0.459 e. The van der Waals surface area contributed by atoms with E-state index in [0.717, 1.165) is 11.1 Å². The first-order valence-corrected chi connectivity index (χ1v) is 25.0. The lowest BCUT2D eigenvalue weighted by Gasteiger charge is -2.48. The third-order valence-electron chi connectivity index (χ3n) is 15.1. The molecule has 0 saturated carbocycles. The SMILES string of the molecule is CC[C@H]1OC(=O)[C@H](C)[C@@H](O[C@@H]2C[C@](C)(OC)[C@H](O)[C@@H](C)O2)[C@H](C)[C@@H](O[C@@H]2O[C@H](C)C[C@H](N(C)C)[C@H]2O)[C@@](C)(O)C[C@@H](C)CN(Cc2ccc(-c3cn(CCCC(=O)NO)nn3)cc2)[C@@H](C)[C@@H](O)[C@]1(C)O. The maximum atomic E-state index is 14.6. The third-order valence-corrected chi connectivity index (χ3v) is 15.1. The van der Waals surface area contributed by atoms with Gasteiger partial charge in [-0.3, -0.25) is 24.4 Å². The van der Waals surface area contributed by atoms with Crippen molar-refractivity contribution in [3.63, 3.8) is 0 Å². The monoisotopic (exact) mass is 993 g/mol. The summed E-state index contributed by atoms with van der Waals surface area (Å²) in [5.41, 5.74) is -0.734. The fourth-order valence-electron chi connectivity index (χ4n) is 10.8. The van der Waals surface area contributed by atoms with Crippen molar-refractivity contribution in [1.29, 1.82) is 0 Å². The van der Waals surface area contributed by atoms with Gasteiger partial charge in [-0.05, 0) is 99.7 Å². The number of nitrogens with zero attached hydrogens (tertiary/aromatic N) is 5. The number of ether oxygens (including phenoxy) is 6. The molecule has 1 amide bonds. The van der Waals surface area contributed by atoms with E-state index in [0.29, 0.717) is 38.2 Å². The van der Waals surface area contributed by atoms with E-state index in [9.17, 15) is 35.1 Å². The Morgan fingerprint density at radius 2 is 1.64 bits per heavy atom. The van der Waals surface area contributed by atoms with Gasteiger partial charge in [-0.15, -0.1) is 5.10 Å². The van der Waals surface area contributed by atoms with Crippen molar-refractivity contribution in [3.8, 4) is 11.3 Å². The number of carbonyl (C=O) groups is 2. The zero-order chi connectivity index (χ0) is 52.0. The topological polar surface area (TPSA) is 260 Å². The van der Waals surface area contributed by atoms with Crippen molar-refractivity contribution >= 4 is 11.9 Å². The Balaban J connectivity index is 1.53. The number of aromatic nitrogens is 3. The highest BCUT2D eigenvalue weighted by atomic mass is 16.7. The van der Waals surface area contributed by atoms with Gasteiger partial charge >= 0.3 is 5.97 Å². The van der Waals surface area contributed by atoms with Crippen LogP contribution >= 0.6 is 0 Å². The number of carbonyl (C=O) groups excluding carboxylic acids is 2. The van der Waals surface area contributed by atoms with Crippen molar-refractivity contribution < 1.29 is 68.8 Å². The number of amides is 1. The van der Waals surface area contributed by atoms with Crippen LogP contribution in [0.5, 0.6) is 0 Å². The highest BCUT2D eigenvalue weighted by molar-refractivity contribution is 5.74. The van der Waals surface area contributed by atoms with E-state index in [-0.39, 0.29) is 43.7 Å². The Kier molecular flexibility index (Phi) is 19.9. The molecule has 398 valence electrons. The fourth-order valence-corrected chi connectivity index (χ4v) is 10.8. The van der Waals surface area contributed by atoms with Gasteiger partial charge in [0.2, 0.25) is 5.91 Å². The average molecular weight is 993 g/mol. The Hall–Kier alpha value is -3.22. The second-order valence-electron chi connectivity index (χ2n) is 21.4. The Labute approximate surface area is 413 Å². The molecule has 3 aliphatic rings. The molecule has 4 heterocycles.